The van der Waals surface area contributed by atoms with Crippen LogP contribution in [0.3, 0.4) is 0 Å². The van der Waals surface area contributed by atoms with E-state index in [1.165, 1.54) is 0 Å². The Morgan fingerprint density at radius 3 is 2.80 bits per heavy atom. The number of hydrogen-bond donors (Lipinski definition) is 0. The number of nitrogens with zero attached hydrogens (tertiary/aromatic N) is 3. The Hall–Kier alpha value is -1.13. The summed E-state index contributed by atoms with van der Waals surface area (Å²) in [6.07, 6.45) is 0.519. The van der Waals surface area contributed by atoms with Gasteiger partial charge in [-0.25, -0.2) is 15.0 Å². The summed E-state index contributed by atoms with van der Waals surface area (Å²) in [6, 6.07) is 5.46. The highest BCUT2D eigenvalue weighted by atomic mass is 35.5. The van der Waals surface area contributed by atoms with Crippen molar-refractivity contribution in [1.29, 1.82) is 0 Å². The van der Waals surface area contributed by atoms with E-state index in [9.17, 15) is 4.79 Å². The predicted octanol–water partition coefficient (Wildman–Crippen LogP) is 1.71. The SMILES string of the molecule is CC1CC(=O)N(c2cccc(Cl)n2)N1C. The van der Waals surface area contributed by atoms with Gasteiger partial charge in [0, 0.05) is 19.5 Å². The first-order valence-corrected chi connectivity index (χ1v) is 5.15. The Bertz CT molecular complexity index is 396. The van der Waals surface area contributed by atoms with Gasteiger partial charge in [-0.1, -0.05) is 17.7 Å². The average Bonchev–Trinajstić information content (AvgIpc) is 2.41. The zero-order valence-electron chi connectivity index (χ0n) is 8.64. The molecule has 0 aromatic carbocycles. The van der Waals surface area contributed by atoms with Crippen LogP contribution in [0.5, 0.6) is 0 Å². The van der Waals surface area contributed by atoms with Gasteiger partial charge < -0.3 is 0 Å². The molecule has 0 bridgehead atoms. The van der Waals surface area contributed by atoms with Gasteiger partial charge in [0.25, 0.3) is 0 Å². The van der Waals surface area contributed by atoms with E-state index in [0.29, 0.717) is 17.4 Å². The summed E-state index contributed by atoms with van der Waals surface area (Å²) >= 11 is 5.79. The van der Waals surface area contributed by atoms with Gasteiger partial charge in [0.15, 0.2) is 5.82 Å². The van der Waals surface area contributed by atoms with Crippen molar-refractivity contribution in [3.05, 3.63) is 23.4 Å². The molecule has 1 fully saturated rings. The summed E-state index contributed by atoms with van der Waals surface area (Å²) in [6.45, 7) is 2.00. The molecule has 15 heavy (non-hydrogen) atoms. The fourth-order valence-electron chi connectivity index (χ4n) is 1.65. The standard InChI is InChI=1S/C10H12ClN3O/c1-7-6-10(15)14(13(7)2)9-5-3-4-8(11)12-9/h3-5,7H,6H2,1-2H3. The van der Waals surface area contributed by atoms with Crippen LogP contribution in [0.1, 0.15) is 13.3 Å². The Kier molecular flexibility index (Phi) is 2.63. The minimum Gasteiger partial charge on any atom is -0.273 e. The molecule has 1 aromatic rings. The van der Waals surface area contributed by atoms with Gasteiger partial charge in [0.05, 0.1) is 0 Å². The molecule has 1 aromatic heterocycles. The topological polar surface area (TPSA) is 36.4 Å². The number of hydrazine groups is 1. The van der Waals surface area contributed by atoms with Crippen LogP contribution in [0.25, 0.3) is 0 Å². The molecule has 80 valence electrons. The van der Waals surface area contributed by atoms with Gasteiger partial charge in [-0.15, -0.1) is 0 Å². The minimum atomic E-state index is 0.0553. The zero-order valence-corrected chi connectivity index (χ0v) is 9.40. The molecular formula is C10H12ClN3O. The molecule has 0 aliphatic carbocycles. The molecule has 1 unspecified atom stereocenters. The second-order valence-electron chi connectivity index (χ2n) is 3.65. The van der Waals surface area contributed by atoms with Crippen LogP contribution in [0.15, 0.2) is 18.2 Å². The minimum absolute atomic E-state index is 0.0553. The zero-order chi connectivity index (χ0) is 11.0. The van der Waals surface area contributed by atoms with E-state index in [2.05, 4.69) is 4.98 Å². The maximum atomic E-state index is 11.7. The molecule has 1 amide bonds. The molecule has 1 atom stereocenters. The highest BCUT2D eigenvalue weighted by Crippen LogP contribution is 2.24. The quantitative estimate of drug-likeness (QED) is 0.683. The van der Waals surface area contributed by atoms with Crippen LogP contribution in [0.4, 0.5) is 5.82 Å². The summed E-state index contributed by atoms with van der Waals surface area (Å²) < 4.78 is 0. The lowest BCUT2D eigenvalue weighted by Gasteiger charge is -2.25. The smallest absolute Gasteiger partial charge is 0.244 e. The Labute approximate surface area is 93.4 Å². The fourth-order valence-corrected chi connectivity index (χ4v) is 1.81. The number of anilines is 1. The molecule has 2 rings (SSSR count). The Morgan fingerprint density at radius 2 is 2.27 bits per heavy atom. The maximum absolute atomic E-state index is 11.7. The number of aromatic nitrogens is 1. The van der Waals surface area contributed by atoms with E-state index >= 15 is 0 Å². The van der Waals surface area contributed by atoms with E-state index in [4.69, 9.17) is 11.6 Å². The van der Waals surface area contributed by atoms with Crippen molar-refractivity contribution in [2.75, 3.05) is 12.1 Å². The van der Waals surface area contributed by atoms with Gasteiger partial charge >= 0.3 is 0 Å². The molecule has 5 heteroatoms. The van der Waals surface area contributed by atoms with Crippen LogP contribution in [0, 0.1) is 0 Å². The third kappa shape index (κ3) is 1.82. The molecule has 0 radical (unpaired) electrons. The first-order chi connectivity index (χ1) is 7.09. The summed E-state index contributed by atoms with van der Waals surface area (Å²) in [4.78, 5) is 15.8. The molecule has 0 spiro atoms. The third-order valence-corrected chi connectivity index (χ3v) is 2.79. The third-order valence-electron chi connectivity index (χ3n) is 2.58. The summed E-state index contributed by atoms with van der Waals surface area (Å²) in [5.41, 5.74) is 0. The van der Waals surface area contributed by atoms with Crippen molar-refractivity contribution < 1.29 is 4.79 Å². The Morgan fingerprint density at radius 1 is 1.53 bits per heavy atom. The van der Waals surface area contributed by atoms with Crippen LogP contribution >= 0.6 is 11.6 Å². The lowest BCUT2D eigenvalue weighted by atomic mass is 10.2. The molecule has 1 saturated heterocycles. The van der Waals surface area contributed by atoms with Gasteiger partial charge in [-0.2, -0.15) is 0 Å². The van der Waals surface area contributed by atoms with Crippen molar-refractivity contribution in [2.45, 2.75) is 19.4 Å². The lowest BCUT2D eigenvalue weighted by Crippen LogP contribution is -2.39. The highest BCUT2D eigenvalue weighted by molar-refractivity contribution is 6.29. The lowest BCUT2D eigenvalue weighted by molar-refractivity contribution is -0.117. The van der Waals surface area contributed by atoms with E-state index in [1.807, 2.05) is 19.0 Å². The van der Waals surface area contributed by atoms with Crippen molar-refractivity contribution >= 4 is 23.3 Å². The number of rotatable bonds is 1. The van der Waals surface area contributed by atoms with Crippen LogP contribution in [0.2, 0.25) is 5.15 Å². The van der Waals surface area contributed by atoms with Gasteiger partial charge in [-0.05, 0) is 19.1 Å². The van der Waals surface area contributed by atoms with Crippen molar-refractivity contribution in [2.24, 2.45) is 0 Å². The second kappa shape index (κ2) is 3.79. The molecule has 1 aliphatic rings. The first kappa shape index (κ1) is 10.4. The molecule has 1 aliphatic heterocycles. The van der Waals surface area contributed by atoms with E-state index in [0.717, 1.165) is 0 Å². The normalized spacial score (nSPS) is 22.5. The number of halogens is 1. The number of hydrogen-bond acceptors (Lipinski definition) is 3. The number of carbonyl (C=O) groups is 1. The maximum Gasteiger partial charge on any atom is 0.244 e. The van der Waals surface area contributed by atoms with E-state index in [-0.39, 0.29) is 11.9 Å². The molecule has 0 saturated carbocycles. The number of amides is 1. The van der Waals surface area contributed by atoms with E-state index in [1.54, 1.807) is 23.2 Å². The van der Waals surface area contributed by atoms with Gasteiger partial charge in [0.2, 0.25) is 5.91 Å². The largest absolute Gasteiger partial charge is 0.273 e. The Balaban J connectivity index is 2.34. The van der Waals surface area contributed by atoms with Gasteiger partial charge in [0.1, 0.15) is 5.15 Å². The van der Waals surface area contributed by atoms with Gasteiger partial charge in [-0.3, -0.25) is 4.79 Å². The van der Waals surface area contributed by atoms with Crippen molar-refractivity contribution in [3.8, 4) is 0 Å². The molecule has 2 heterocycles. The molecular weight excluding hydrogens is 214 g/mol. The number of carbonyl (C=O) groups excluding carboxylic acids is 1. The monoisotopic (exact) mass is 225 g/mol. The average molecular weight is 226 g/mol. The highest BCUT2D eigenvalue weighted by Gasteiger charge is 2.33. The fraction of sp³-hybridized carbons (Fsp3) is 0.400. The first-order valence-electron chi connectivity index (χ1n) is 4.78. The molecule has 0 N–H and O–H groups in total. The van der Waals surface area contributed by atoms with E-state index < -0.39 is 0 Å². The summed E-state index contributed by atoms with van der Waals surface area (Å²) in [5.74, 6) is 0.638. The summed E-state index contributed by atoms with van der Waals surface area (Å²) in [5, 5.41) is 3.84. The predicted molar refractivity (Wildman–Crippen MR) is 58.6 cm³/mol. The van der Waals surface area contributed by atoms with Crippen molar-refractivity contribution in [1.82, 2.24) is 9.99 Å². The van der Waals surface area contributed by atoms with Crippen LogP contribution < -0.4 is 5.01 Å². The second-order valence-corrected chi connectivity index (χ2v) is 4.04. The van der Waals surface area contributed by atoms with Crippen molar-refractivity contribution in [3.63, 3.8) is 0 Å². The number of pyridine rings is 1. The molecule has 4 nitrogen and oxygen atoms in total. The van der Waals surface area contributed by atoms with Crippen LogP contribution in [-0.4, -0.2) is 29.0 Å². The summed E-state index contributed by atoms with van der Waals surface area (Å²) in [7, 11) is 1.87. The van der Waals surface area contributed by atoms with Crippen LogP contribution in [-0.2, 0) is 4.79 Å².